The average Bonchev–Trinajstić information content (AvgIpc) is 3.01. The summed E-state index contributed by atoms with van der Waals surface area (Å²) in [6, 6.07) is 8.69. The summed E-state index contributed by atoms with van der Waals surface area (Å²) < 4.78 is 5.29. The number of aryl methyl sites for hydroxylation is 1. The third-order valence-corrected chi connectivity index (χ3v) is 3.65. The summed E-state index contributed by atoms with van der Waals surface area (Å²) in [6.45, 7) is 3.48. The van der Waals surface area contributed by atoms with E-state index >= 15 is 0 Å². The number of benzene rings is 1. The van der Waals surface area contributed by atoms with Crippen LogP contribution in [0.4, 0.5) is 22.2 Å². The molecular weight excluding hydrogens is 332 g/mol. The minimum Gasteiger partial charge on any atom is -0.464 e. The van der Waals surface area contributed by atoms with E-state index in [1.165, 1.54) is 0 Å². The zero-order valence-corrected chi connectivity index (χ0v) is 15.0. The van der Waals surface area contributed by atoms with Crippen LogP contribution < -0.4 is 16.0 Å². The summed E-state index contributed by atoms with van der Waals surface area (Å²) in [5, 5.41) is 9.58. The first-order valence-electron chi connectivity index (χ1n) is 8.29. The van der Waals surface area contributed by atoms with Crippen LogP contribution in [-0.4, -0.2) is 48.1 Å². The van der Waals surface area contributed by atoms with Crippen molar-refractivity contribution in [3.8, 4) is 0 Å². The number of hydrogen-bond donors (Lipinski definition) is 3. The first kappa shape index (κ1) is 17.7. The lowest BCUT2D eigenvalue weighted by atomic mass is 10.2. The van der Waals surface area contributed by atoms with Crippen LogP contribution in [-0.2, 0) is 0 Å². The molecule has 0 bridgehead atoms. The number of furan rings is 1. The van der Waals surface area contributed by atoms with E-state index < -0.39 is 6.03 Å². The van der Waals surface area contributed by atoms with Gasteiger partial charge in [-0.15, -0.1) is 0 Å². The van der Waals surface area contributed by atoms with Crippen molar-refractivity contribution in [1.82, 2.24) is 14.9 Å². The number of anilines is 3. The maximum atomic E-state index is 12.2. The number of hydrogen-bond acceptors (Lipinski definition) is 6. The molecule has 2 aromatic heterocycles. The molecule has 0 saturated carbocycles. The average molecular weight is 354 g/mol. The number of fused-ring (bicyclic) bond motifs is 1. The van der Waals surface area contributed by atoms with Crippen molar-refractivity contribution < 1.29 is 9.21 Å². The van der Waals surface area contributed by atoms with Gasteiger partial charge in [-0.3, -0.25) is 5.32 Å². The molecule has 0 spiro atoms. The minimum atomic E-state index is -0.405. The second-order valence-corrected chi connectivity index (χ2v) is 6.20. The monoisotopic (exact) mass is 354 g/mol. The van der Waals surface area contributed by atoms with E-state index in [0.29, 0.717) is 11.5 Å². The first-order valence-corrected chi connectivity index (χ1v) is 8.29. The van der Waals surface area contributed by atoms with Crippen molar-refractivity contribution in [2.24, 2.45) is 0 Å². The number of nitrogens with zero attached hydrogens (tertiary/aromatic N) is 3. The lowest BCUT2D eigenvalue weighted by molar-refractivity contribution is 0.262. The smallest absolute Gasteiger partial charge is 0.326 e. The van der Waals surface area contributed by atoms with Crippen LogP contribution in [0.5, 0.6) is 0 Å². The van der Waals surface area contributed by atoms with Crippen LogP contribution >= 0.6 is 0 Å². The Kier molecular flexibility index (Phi) is 5.33. The van der Waals surface area contributed by atoms with Gasteiger partial charge >= 0.3 is 6.03 Å². The SMILES string of the molecule is Cc1cc(NCCN(C)C)nc(NC(=O)Nc2ccc3occc3c2)n1. The van der Waals surface area contributed by atoms with Gasteiger partial charge in [0.25, 0.3) is 0 Å². The number of nitrogens with one attached hydrogen (secondary N) is 3. The Morgan fingerprint density at radius 2 is 2.00 bits per heavy atom. The van der Waals surface area contributed by atoms with E-state index in [1.54, 1.807) is 18.4 Å². The molecule has 0 radical (unpaired) electrons. The van der Waals surface area contributed by atoms with Crippen LogP contribution in [0.15, 0.2) is 41.0 Å². The number of amides is 2. The number of likely N-dealkylation sites (N-methyl/N-ethyl adjacent to an activating group) is 1. The predicted molar refractivity (Wildman–Crippen MR) is 103 cm³/mol. The Balaban J connectivity index is 1.63. The number of aromatic nitrogens is 2. The van der Waals surface area contributed by atoms with Crippen LogP contribution in [0.1, 0.15) is 5.69 Å². The summed E-state index contributed by atoms with van der Waals surface area (Å²) in [7, 11) is 4.01. The second-order valence-electron chi connectivity index (χ2n) is 6.20. The molecule has 0 fully saturated rings. The molecule has 0 atom stereocenters. The third-order valence-electron chi connectivity index (χ3n) is 3.65. The summed E-state index contributed by atoms with van der Waals surface area (Å²) in [6.07, 6.45) is 1.61. The maximum absolute atomic E-state index is 12.2. The van der Waals surface area contributed by atoms with E-state index in [9.17, 15) is 4.79 Å². The van der Waals surface area contributed by atoms with Gasteiger partial charge in [-0.25, -0.2) is 9.78 Å². The molecule has 2 amide bonds. The highest BCUT2D eigenvalue weighted by Gasteiger charge is 2.08. The quantitative estimate of drug-likeness (QED) is 0.629. The molecular formula is C18H22N6O2. The molecule has 0 aliphatic rings. The molecule has 0 saturated heterocycles. The third kappa shape index (κ3) is 4.70. The lowest BCUT2D eigenvalue weighted by Crippen LogP contribution is -2.23. The first-order chi connectivity index (χ1) is 12.5. The van der Waals surface area contributed by atoms with Crippen LogP contribution in [0, 0.1) is 6.92 Å². The zero-order valence-electron chi connectivity index (χ0n) is 15.0. The van der Waals surface area contributed by atoms with Gasteiger partial charge in [0.1, 0.15) is 11.4 Å². The number of rotatable bonds is 6. The molecule has 26 heavy (non-hydrogen) atoms. The Morgan fingerprint density at radius 3 is 2.81 bits per heavy atom. The van der Waals surface area contributed by atoms with Crippen LogP contribution in [0.25, 0.3) is 11.0 Å². The topological polar surface area (TPSA) is 95.3 Å². The van der Waals surface area contributed by atoms with E-state index in [-0.39, 0.29) is 5.95 Å². The van der Waals surface area contributed by atoms with E-state index in [1.807, 2.05) is 39.2 Å². The van der Waals surface area contributed by atoms with Crippen LogP contribution in [0.3, 0.4) is 0 Å². The normalized spacial score (nSPS) is 10.9. The van der Waals surface area contributed by atoms with Gasteiger partial charge in [0.15, 0.2) is 0 Å². The Morgan fingerprint density at radius 1 is 1.15 bits per heavy atom. The largest absolute Gasteiger partial charge is 0.464 e. The second kappa shape index (κ2) is 7.83. The van der Waals surface area contributed by atoms with Crippen molar-refractivity contribution in [2.75, 3.05) is 43.1 Å². The van der Waals surface area contributed by atoms with Gasteiger partial charge in [0, 0.05) is 35.9 Å². The maximum Gasteiger partial charge on any atom is 0.326 e. The molecule has 0 unspecified atom stereocenters. The molecule has 3 rings (SSSR count). The van der Waals surface area contributed by atoms with Crippen LogP contribution in [0.2, 0.25) is 0 Å². The zero-order chi connectivity index (χ0) is 18.5. The fraction of sp³-hybridized carbons (Fsp3) is 0.278. The van der Waals surface area contributed by atoms with E-state index in [0.717, 1.165) is 29.8 Å². The minimum absolute atomic E-state index is 0.249. The Labute approximate surface area is 151 Å². The lowest BCUT2D eigenvalue weighted by Gasteiger charge is -2.12. The highest BCUT2D eigenvalue weighted by Crippen LogP contribution is 2.20. The number of carbonyl (C=O) groups is 1. The van der Waals surface area contributed by atoms with E-state index in [2.05, 4.69) is 30.8 Å². The van der Waals surface area contributed by atoms with Crippen molar-refractivity contribution >= 4 is 34.5 Å². The molecule has 136 valence electrons. The van der Waals surface area contributed by atoms with Crippen molar-refractivity contribution in [2.45, 2.75) is 6.92 Å². The fourth-order valence-corrected chi connectivity index (χ4v) is 2.43. The fourth-order valence-electron chi connectivity index (χ4n) is 2.43. The van der Waals surface area contributed by atoms with Gasteiger partial charge in [-0.1, -0.05) is 0 Å². The highest BCUT2D eigenvalue weighted by atomic mass is 16.3. The molecule has 3 aromatic rings. The summed E-state index contributed by atoms with van der Waals surface area (Å²) in [5.41, 5.74) is 2.20. The summed E-state index contributed by atoms with van der Waals surface area (Å²) in [4.78, 5) is 22.9. The Bertz CT molecular complexity index is 906. The molecule has 0 aliphatic heterocycles. The Hall–Kier alpha value is -3.13. The molecule has 1 aromatic carbocycles. The molecule has 2 heterocycles. The number of urea groups is 1. The summed E-state index contributed by atoms with van der Waals surface area (Å²) >= 11 is 0. The van der Waals surface area contributed by atoms with E-state index in [4.69, 9.17) is 4.42 Å². The molecule has 8 nitrogen and oxygen atoms in total. The highest BCUT2D eigenvalue weighted by molar-refractivity contribution is 6.00. The van der Waals surface area contributed by atoms with Gasteiger partial charge < -0.3 is 20.0 Å². The summed E-state index contributed by atoms with van der Waals surface area (Å²) in [5.74, 6) is 0.925. The van der Waals surface area contributed by atoms with Gasteiger partial charge in [-0.2, -0.15) is 4.98 Å². The van der Waals surface area contributed by atoms with Gasteiger partial charge in [0.2, 0.25) is 5.95 Å². The number of carbonyl (C=O) groups excluding carboxylic acids is 1. The van der Waals surface area contributed by atoms with Crippen molar-refractivity contribution in [3.63, 3.8) is 0 Å². The standard InChI is InChI=1S/C18H22N6O2/c1-12-10-16(19-7-8-24(2)3)22-17(20-12)23-18(25)21-14-4-5-15-13(11-14)6-9-26-15/h4-6,9-11H,7-8H2,1-3H3,(H3,19,20,21,22,23,25). The van der Waals surface area contributed by atoms with Crippen molar-refractivity contribution in [1.29, 1.82) is 0 Å². The molecule has 3 N–H and O–H groups in total. The molecule has 0 aliphatic carbocycles. The predicted octanol–water partition coefficient (Wildman–Crippen LogP) is 3.15. The van der Waals surface area contributed by atoms with Gasteiger partial charge in [-0.05, 0) is 45.3 Å². The van der Waals surface area contributed by atoms with Crippen molar-refractivity contribution in [3.05, 3.63) is 42.3 Å². The molecule has 8 heteroatoms. The van der Waals surface area contributed by atoms with Gasteiger partial charge in [0.05, 0.1) is 6.26 Å².